The molecule has 1 N–H and O–H groups in total. The number of carbonyl (C=O) groups is 2. The van der Waals surface area contributed by atoms with Gasteiger partial charge in [-0.3, -0.25) is 4.79 Å². The molecule has 1 heterocycles. The van der Waals surface area contributed by atoms with Gasteiger partial charge in [-0.2, -0.15) is 0 Å². The van der Waals surface area contributed by atoms with E-state index in [1.54, 1.807) is 4.90 Å². The van der Waals surface area contributed by atoms with Crippen LogP contribution in [0.3, 0.4) is 0 Å². The summed E-state index contributed by atoms with van der Waals surface area (Å²) in [6.45, 7) is 7.17. The van der Waals surface area contributed by atoms with Crippen LogP contribution in [0, 0.1) is 16.7 Å². The van der Waals surface area contributed by atoms with E-state index in [4.69, 9.17) is 9.84 Å². The van der Waals surface area contributed by atoms with Gasteiger partial charge >= 0.3 is 12.1 Å². The lowest BCUT2D eigenvalue weighted by atomic mass is 9.30. The van der Waals surface area contributed by atoms with Crippen molar-refractivity contribution in [3.63, 3.8) is 0 Å². The molecule has 4 fully saturated rings. The van der Waals surface area contributed by atoms with Crippen LogP contribution in [0.1, 0.15) is 46.5 Å². The zero-order chi connectivity index (χ0) is 14.8. The zero-order valence-corrected chi connectivity index (χ0v) is 12.4. The molecule has 0 unspecified atom stereocenters. The van der Waals surface area contributed by atoms with Crippen LogP contribution < -0.4 is 0 Å². The fraction of sp³-hybridized carbons (Fsp3) is 0.867. The van der Waals surface area contributed by atoms with Gasteiger partial charge in [-0.25, -0.2) is 4.79 Å². The number of hydrogen-bond acceptors (Lipinski definition) is 3. The number of likely N-dealkylation sites (tertiary alicyclic amines) is 1. The van der Waals surface area contributed by atoms with E-state index in [1.807, 2.05) is 20.8 Å². The summed E-state index contributed by atoms with van der Waals surface area (Å²) in [4.78, 5) is 24.4. The molecular weight excluding hydrogens is 258 g/mol. The summed E-state index contributed by atoms with van der Waals surface area (Å²) in [7, 11) is 0. The van der Waals surface area contributed by atoms with E-state index in [2.05, 4.69) is 0 Å². The number of rotatable bonds is 3. The smallest absolute Gasteiger partial charge is 0.410 e. The molecule has 2 bridgehead atoms. The van der Waals surface area contributed by atoms with E-state index >= 15 is 0 Å². The van der Waals surface area contributed by atoms with Crippen molar-refractivity contribution in [3.8, 4) is 0 Å². The maximum Gasteiger partial charge on any atom is 0.410 e. The molecule has 5 nitrogen and oxygen atoms in total. The first kappa shape index (κ1) is 13.7. The Balaban J connectivity index is 1.45. The molecule has 4 aliphatic rings. The molecule has 0 aromatic rings. The first-order valence-electron chi connectivity index (χ1n) is 7.33. The minimum Gasteiger partial charge on any atom is -0.481 e. The van der Waals surface area contributed by atoms with E-state index in [1.165, 1.54) is 0 Å². The lowest BCUT2D eigenvalue weighted by molar-refractivity contribution is -0.258. The molecule has 20 heavy (non-hydrogen) atoms. The Morgan fingerprint density at radius 1 is 1.25 bits per heavy atom. The lowest BCUT2D eigenvalue weighted by Crippen LogP contribution is -2.71. The van der Waals surface area contributed by atoms with Crippen LogP contribution >= 0.6 is 0 Å². The van der Waals surface area contributed by atoms with Crippen LogP contribution in [0.25, 0.3) is 0 Å². The van der Waals surface area contributed by atoms with Gasteiger partial charge in [0.1, 0.15) is 5.60 Å². The molecular formula is C15H23NO4. The summed E-state index contributed by atoms with van der Waals surface area (Å²) in [5.41, 5.74) is -0.00380. The van der Waals surface area contributed by atoms with Gasteiger partial charge in [0.2, 0.25) is 0 Å². The molecule has 0 aromatic carbocycles. The van der Waals surface area contributed by atoms with Crippen LogP contribution in [0.2, 0.25) is 0 Å². The number of aliphatic carboxylic acids is 1. The van der Waals surface area contributed by atoms with Crippen LogP contribution in [0.15, 0.2) is 0 Å². The molecule has 4 rings (SSSR count). The monoisotopic (exact) mass is 281 g/mol. The van der Waals surface area contributed by atoms with Crippen molar-refractivity contribution in [1.82, 2.24) is 4.90 Å². The van der Waals surface area contributed by atoms with Gasteiger partial charge < -0.3 is 14.7 Å². The summed E-state index contributed by atoms with van der Waals surface area (Å²) >= 11 is 0. The molecule has 3 saturated carbocycles. The minimum atomic E-state index is -0.678. The minimum absolute atomic E-state index is 0.0954. The quantitative estimate of drug-likeness (QED) is 0.863. The van der Waals surface area contributed by atoms with E-state index in [0.717, 1.165) is 32.4 Å². The first-order chi connectivity index (χ1) is 9.13. The Morgan fingerprint density at radius 2 is 1.80 bits per heavy atom. The SMILES string of the molecule is CC(C)(C)OC(=O)N1CC(C23CC(CC(=O)O)(C2)C3)C1. The van der Waals surface area contributed by atoms with Gasteiger partial charge in [-0.05, 0) is 50.9 Å². The summed E-state index contributed by atoms with van der Waals surface area (Å²) in [6.07, 6.45) is 3.22. The van der Waals surface area contributed by atoms with Crippen LogP contribution in [0.4, 0.5) is 4.79 Å². The number of amides is 1. The van der Waals surface area contributed by atoms with Crippen molar-refractivity contribution in [2.24, 2.45) is 16.7 Å². The third-order valence-electron chi connectivity index (χ3n) is 5.11. The van der Waals surface area contributed by atoms with E-state index in [9.17, 15) is 9.59 Å². The summed E-state index contributed by atoms with van der Waals surface area (Å²) in [5.74, 6) is -0.132. The first-order valence-corrected chi connectivity index (χ1v) is 7.33. The Bertz CT molecular complexity index is 439. The summed E-state index contributed by atoms with van der Waals surface area (Å²) < 4.78 is 5.35. The standard InChI is InChI=1S/C15H23NO4/c1-13(2,3)20-12(19)16-5-10(6-16)15-7-14(8-15,9-15)4-11(17)18/h10H,4-9H2,1-3H3,(H,17,18). The third kappa shape index (κ3) is 2.07. The predicted molar refractivity (Wildman–Crippen MR) is 72.3 cm³/mol. The van der Waals surface area contributed by atoms with Crippen LogP contribution in [0.5, 0.6) is 0 Å². The topological polar surface area (TPSA) is 66.8 Å². The van der Waals surface area contributed by atoms with Gasteiger partial charge in [0, 0.05) is 19.0 Å². The molecule has 0 spiro atoms. The van der Waals surface area contributed by atoms with Gasteiger partial charge in [0.05, 0.1) is 6.42 Å². The average Bonchev–Trinajstić information content (AvgIpc) is 2.04. The zero-order valence-electron chi connectivity index (χ0n) is 12.4. The van der Waals surface area contributed by atoms with Crippen molar-refractivity contribution in [3.05, 3.63) is 0 Å². The summed E-state index contributed by atoms with van der Waals surface area (Å²) in [5, 5.41) is 8.89. The maximum atomic E-state index is 11.9. The van der Waals surface area contributed by atoms with E-state index < -0.39 is 11.6 Å². The van der Waals surface area contributed by atoms with Crippen molar-refractivity contribution >= 4 is 12.1 Å². The number of hydrogen-bond donors (Lipinski definition) is 1. The highest BCUT2D eigenvalue weighted by Crippen LogP contribution is 2.78. The highest BCUT2D eigenvalue weighted by molar-refractivity contribution is 5.70. The summed E-state index contributed by atoms with van der Waals surface area (Å²) in [6, 6.07) is 0. The Morgan fingerprint density at radius 3 is 2.25 bits per heavy atom. The number of carbonyl (C=O) groups excluding carboxylic acids is 1. The molecule has 1 amide bonds. The number of carboxylic acids is 1. The largest absolute Gasteiger partial charge is 0.481 e. The lowest BCUT2D eigenvalue weighted by Gasteiger charge is -2.75. The highest BCUT2D eigenvalue weighted by atomic mass is 16.6. The van der Waals surface area contributed by atoms with Gasteiger partial charge in [0.25, 0.3) is 0 Å². The van der Waals surface area contributed by atoms with Gasteiger partial charge in [0.15, 0.2) is 0 Å². The second kappa shape index (κ2) is 3.89. The number of ether oxygens (including phenoxy) is 1. The maximum absolute atomic E-state index is 11.9. The van der Waals surface area contributed by atoms with E-state index in [0.29, 0.717) is 17.8 Å². The molecule has 0 radical (unpaired) electrons. The van der Waals surface area contributed by atoms with Crippen molar-refractivity contribution in [2.45, 2.75) is 52.1 Å². The second-order valence-electron chi connectivity index (χ2n) is 8.05. The molecule has 1 aliphatic heterocycles. The number of carboxylic acid groups (broad SMARTS) is 1. The Labute approximate surface area is 119 Å². The predicted octanol–water partition coefficient (Wildman–Crippen LogP) is 2.50. The van der Waals surface area contributed by atoms with Crippen molar-refractivity contribution in [1.29, 1.82) is 0 Å². The molecule has 0 atom stereocenters. The second-order valence-corrected chi connectivity index (χ2v) is 8.05. The van der Waals surface area contributed by atoms with Crippen molar-refractivity contribution in [2.75, 3.05) is 13.1 Å². The van der Waals surface area contributed by atoms with Crippen LogP contribution in [-0.2, 0) is 9.53 Å². The van der Waals surface area contributed by atoms with Crippen molar-refractivity contribution < 1.29 is 19.4 Å². The fourth-order valence-electron chi connectivity index (χ4n) is 4.37. The Kier molecular flexibility index (Phi) is 2.67. The van der Waals surface area contributed by atoms with Gasteiger partial charge in [-0.1, -0.05) is 0 Å². The number of nitrogens with zero attached hydrogens (tertiary/aromatic N) is 1. The normalized spacial score (nSPS) is 35.6. The average molecular weight is 281 g/mol. The van der Waals surface area contributed by atoms with E-state index in [-0.39, 0.29) is 11.5 Å². The van der Waals surface area contributed by atoms with Crippen LogP contribution in [-0.4, -0.2) is 40.8 Å². The molecule has 112 valence electrons. The molecule has 5 heteroatoms. The molecule has 3 aliphatic carbocycles. The molecule has 1 saturated heterocycles. The molecule has 0 aromatic heterocycles. The third-order valence-corrected chi connectivity index (χ3v) is 5.11. The van der Waals surface area contributed by atoms with Gasteiger partial charge in [-0.15, -0.1) is 0 Å². The fourth-order valence-corrected chi connectivity index (χ4v) is 4.37. The highest BCUT2D eigenvalue weighted by Gasteiger charge is 2.71. The Hall–Kier alpha value is -1.26.